The Balaban J connectivity index is 1.62. The monoisotopic (exact) mass is 205 g/mol. The molecule has 1 aromatic rings. The van der Waals surface area contributed by atoms with Crippen LogP contribution in [0.2, 0.25) is 0 Å². The molecule has 0 amide bonds. The molecular weight excluding hydrogens is 190 g/mol. The first kappa shape index (κ1) is 9.06. The highest BCUT2D eigenvalue weighted by molar-refractivity contribution is 5.21. The van der Waals surface area contributed by atoms with Crippen molar-refractivity contribution in [3.63, 3.8) is 0 Å². The fourth-order valence-corrected chi connectivity index (χ4v) is 2.44. The second-order valence-corrected chi connectivity index (χ2v) is 4.27. The third-order valence-corrected chi connectivity index (χ3v) is 3.21. The molecule has 2 unspecified atom stereocenters. The van der Waals surface area contributed by atoms with Gasteiger partial charge in [-0.25, -0.2) is 15.0 Å². The summed E-state index contributed by atoms with van der Waals surface area (Å²) in [6, 6.07) is 1.83. The molecule has 0 spiro atoms. The van der Waals surface area contributed by atoms with Gasteiger partial charge < -0.3 is 5.32 Å². The third kappa shape index (κ3) is 1.80. The van der Waals surface area contributed by atoms with E-state index in [1.54, 1.807) is 12.4 Å². The lowest BCUT2D eigenvalue weighted by molar-refractivity contribution is 0.372. The summed E-state index contributed by atoms with van der Waals surface area (Å²) >= 11 is 0. The standard InChI is InChI=1S/C10H15N5/c1-2-12-10(13-3-1)14-15-6-8-4-11-5-9(8)7-15/h1-3,8-9,11H,4-7H2,(H,12,13,14). The van der Waals surface area contributed by atoms with Crippen molar-refractivity contribution >= 4 is 5.95 Å². The molecule has 1 aromatic heterocycles. The lowest BCUT2D eigenvalue weighted by atomic mass is 10.0. The largest absolute Gasteiger partial charge is 0.316 e. The number of anilines is 1. The summed E-state index contributed by atoms with van der Waals surface area (Å²) in [6.07, 6.45) is 3.52. The van der Waals surface area contributed by atoms with E-state index in [-0.39, 0.29) is 0 Å². The van der Waals surface area contributed by atoms with Crippen molar-refractivity contribution in [1.82, 2.24) is 20.3 Å². The van der Waals surface area contributed by atoms with Gasteiger partial charge in [0.25, 0.3) is 0 Å². The van der Waals surface area contributed by atoms with Crippen LogP contribution in [0.4, 0.5) is 5.95 Å². The molecule has 80 valence electrons. The van der Waals surface area contributed by atoms with Gasteiger partial charge in [-0.05, 0) is 31.0 Å². The fraction of sp³-hybridized carbons (Fsp3) is 0.600. The lowest BCUT2D eigenvalue weighted by Crippen LogP contribution is -2.31. The molecule has 0 aromatic carbocycles. The van der Waals surface area contributed by atoms with E-state index in [4.69, 9.17) is 0 Å². The van der Waals surface area contributed by atoms with Gasteiger partial charge in [0.1, 0.15) is 0 Å². The number of fused-ring (bicyclic) bond motifs is 1. The molecule has 0 aliphatic carbocycles. The van der Waals surface area contributed by atoms with E-state index in [0.717, 1.165) is 38.0 Å². The Morgan fingerprint density at radius 3 is 2.53 bits per heavy atom. The summed E-state index contributed by atoms with van der Waals surface area (Å²) in [5.41, 5.74) is 3.25. The first-order valence-corrected chi connectivity index (χ1v) is 5.41. The summed E-state index contributed by atoms with van der Waals surface area (Å²) in [4.78, 5) is 8.31. The Labute approximate surface area is 88.9 Å². The molecule has 5 heteroatoms. The van der Waals surface area contributed by atoms with Crippen LogP contribution in [-0.2, 0) is 0 Å². The van der Waals surface area contributed by atoms with Gasteiger partial charge in [-0.15, -0.1) is 0 Å². The quantitative estimate of drug-likeness (QED) is 0.709. The van der Waals surface area contributed by atoms with E-state index in [2.05, 4.69) is 25.7 Å². The average molecular weight is 205 g/mol. The Morgan fingerprint density at radius 1 is 1.20 bits per heavy atom. The zero-order valence-electron chi connectivity index (χ0n) is 8.56. The van der Waals surface area contributed by atoms with Crippen LogP contribution in [0, 0.1) is 11.8 Å². The van der Waals surface area contributed by atoms with Crippen molar-refractivity contribution in [2.24, 2.45) is 11.8 Å². The van der Waals surface area contributed by atoms with E-state index in [0.29, 0.717) is 5.95 Å². The summed E-state index contributed by atoms with van der Waals surface area (Å²) in [7, 11) is 0. The molecule has 0 radical (unpaired) electrons. The maximum Gasteiger partial charge on any atom is 0.237 e. The molecule has 2 aliphatic heterocycles. The number of nitrogens with zero attached hydrogens (tertiary/aromatic N) is 3. The van der Waals surface area contributed by atoms with E-state index >= 15 is 0 Å². The van der Waals surface area contributed by atoms with Gasteiger partial charge in [0.2, 0.25) is 5.95 Å². The van der Waals surface area contributed by atoms with E-state index < -0.39 is 0 Å². The summed E-state index contributed by atoms with van der Waals surface area (Å²) < 4.78 is 0. The van der Waals surface area contributed by atoms with Crippen LogP contribution >= 0.6 is 0 Å². The third-order valence-electron chi connectivity index (χ3n) is 3.21. The molecule has 0 bridgehead atoms. The van der Waals surface area contributed by atoms with Crippen LogP contribution in [0.1, 0.15) is 0 Å². The predicted octanol–water partition coefficient (Wildman–Crippen LogP) is -0.0453. The molecule has 2 N–H and O–H groups in total. The van der Waals surface area contributed by atoms with Crippen molar-refractivity contribution in [3.8, 4) is 0 Å². The second-order valence-electron chi connectivity index (χ2n) is 4.27. The molecule has 0 saturated carbocycles. The summed E-state index contributed by atoms with van der Waals surface area (Å²) in [6.45, 7) is 4.49. The molecule has 2 aliphatic rings. The molecule has 2 atom stereocenters. The number of hydrogen-bond donors (Lipinski definition) is 2. The Hall–Kier alpha value is -1.20. The molecule has 15 heavy (non-hydrogen) atoms. The van der Waals surface area contributed by atoms with Gasteiger partial charge in [-0.2, -0.15) is 0 Å². The lowest BCUT2D eigenvalue weighted by Gasteiger charge is -2.17. The SMILES string of the molecule is c1cnc(NN2CC3CNCC3C2)nc1. The van der Waals surface area contributed by atoms with Gasteiger partial charge in [0, 0.05) is 25.5 Å². The number of hydrazine groups is 1. The highest BCUT2D eigenvalue weighted by Gasteiger charge is 2.36. The molecular formula is C10H15N5. The number of nitrogens with one attached hydrogen (secondary N) is 2. The maximum absolute atomic E-state index is 4.16. The van der Waals surface area contributed by atoms with E-state index in [1.165, 1.54) is 0 Å². The smallest absolute Gasteiger partial charge is 0.237 e. The Bertz CT molecular complexity index is 316. The highest BCUT2D eigenvalue weighted by atomic mass is 15.5. The number of hydrogen-bond acceptors (Lipinski definition) is 5. The molecule has 3 rings (SSSR count). The van der Waals surface area contributed by atoms with Crippen molar-refractivity contribution in [2.45, 2.75) is 0 Å². The van der Waals surface area contributed by atoms with Crippen molar-refractivity contribution in [1.29, 1.82) is 0 Å². The minimum absolute atomic E-state index is 0.699. The van der Waals surface area contributed by atoms with Crippen molar-refractivity contribution in [2.75, 3.05) is 31.6 Å². The van der Waals surface area contributed by atoms with Gasteiger partial charge in [0.15, 0.2) is 0 Å². The zero-order valence-corrected chi connectivity index (χ0v) is 8.56. The van der Waals surface area contributed by atoms with Crippen LogP contribution in [0.25, 0.3) is 0 Å². The minimum atomic E-state index is 0.699. The predicted molar refractivity (Wildman–Crippen MR) is 57.1 cm³/mol. The van der Waals surface area contributed by atoms with Crippen LogP contribution in [0.15, 0.2) is 18.5 Å². The van der Waals surface area contributed by atoms with Crippen LogP contribution in [0.5, 0.6) is 0 Å². The van der Waals surface area contributed by atoms with Gasteiger partial charge in [-0.3, -0.25) is 5.43 Å². The first-order chi connectivity index (χ1) is 7.42. The van der Waals surface area contributed by atoms with Crippen LogP contribution in [-0.4, -0.2) is 41.2 Å². The van der Waals surface area contributed by atoms with E-state index in [1.807, 2.05) is 6.07 Å². The normalized spacial score (nSPS) is 30.4. The molecule has 3 heterocycles. The first-order valence-electron chi connectivity index (χ1n) is 5.41. The van der Waals surface area contributed by atoms with Crippen molar-refractivity contribution < 1.29 is 0 Å². The topological polar surface area (TPSA) is 53.1 Å². The zero-order chi connectivity index (χ0) is 10.1. The summed E-state index contributed by atoms with van der Waals surface area (Å²) in [5.74, 6) is 2.29. The van der Waals surface area contributed by atoms with Crippen molar-refractivity contribution in [3.05, 3.63) is 18.5 Å². The second kappa shape index (κ2) is 3.75. The summed E-state index contributed by atoms with van der Waals surface area (Å²) in [5, 5.41) is 5.65. The number of aromatic nitrogens is 2. The van der Waals surface area contributed by atoms with Gasteiger partial charge >= 0.3 is 0 Å². The number of rotatable bonds is 2. The Kier molecular flexibility index (Phi) is 2.26. The van der Waals surface area contributed by atoms with Gasteiger partial charge in [-0.1, -0.05) is 0 Å². The minimum Gasteiger partial charge on any atom is -0.316 e. The van der Waals surface area contributed by atoms with Crippen LogP contribution < -0.4 is 10.7 Å². The molecule has 2 saturated heterocycles. The average Bonchev–Trinajstić information content (AvgIpc) is 2.79. The highest BCUT2D eigenvalue weighted by Crippen LogP contribution is 2.25. The van der Waals surface area contributed by atoms with Crippen LogP contribution in [0.3, 0.4) is 0 Å². The van der Waals surface area contributed by atoms with Gasteiger partial charge in [0.05, 0.1) is 0 Å². The molecule has 2 fully saturated rings. The van der Waals surface area contributed by atoms with E-state index in [9.17, 15) is 0 Å². The molecule has 5 nitrogen and oxygen atoms in total. The fourth-order valence-electron chi connectivity index (χ4n) is 2.44. The Morgan fingerprint density at radius 2 is 1.87 bits per heavy atom. The maximum atomic E-state index is 4.16.